The largest absolute Gasteiger partial charge is 0.456 e. The Morgan fingerprint density at radius 2 is 1.24 bits per heavy atom. The van der Waals surface area contributed by atoms with Gasteiger partial charge in [0.1, 0.15) is 11.2 Å². The van der Waals surface area contributed by atoms with E-state index in [1.54, 1.807) is 4.90 Å². The van der Waals surface area contributed by atoms with Crippen LogP contribution < -0.4 is 4.90 Å². The van der Waals surface area contributed by atoms with Crippen molar-refractivity contribution < 1.29 is 22.2 Å². The molecular weight excluding hydrogens is 619 g/mol. The summed E-state index contributed by atoms with van der Waals surface area (Å²) in [4.78, 5) is 1.74. The lowest BCUT2D eigenvalue weighted by Crippen LogP contribution is -2.16. The molecule has 8 aromatic carbocycles. The first kappa shape index (κ1) is 19.1. The minimum Gasteiger partial charge on any atom is -0.456 e. The van der Waals surface area contributed by atoms with Gasteiger partial charge < -0.3 is 9.32 Å². The third kappa shape index (κ3) is 4.71. The van der Waals surface area contributed by atoms with Crippen molar-refractivity contribution in [1.29, 1.82) is 0 Å². The Kier molecular flexibility index (Phi) is 4.25. The highest BCUT2D eigenvalue weighted by molar-refractivity contribution is 6.19. The standard InChI is InChI=1S/C49H35NO/c1-49(2)44-16-10-9-15-40(44)41-26-24-38(30-45(41)49)50(37-22-19-34(20-23-37)32-11-5-3-6-12-32)39-25-27-42-47(31-39)51-46-28-21-35-17-18-36(29-43(35)48(42)46)33-13-7-4-8-14-33/h3-31H,1-2H3/i4D,7D,8D,13D,14D,17D,18D,21D,25D,27D,28D,29D,31D. The van der Waals surface area contributed by atoms with Gasteiger partial charge in [0.15, 0.2) is 0 Å². The predicted octanol–water partition coefficient (Wildman–Crippen LogP) is 13.8. The molecule has 0 N–H and O–H groups in total. The number of anilines is 3. The lowest BCUT2D eigenvalue weighted by Gasteiger charge is -2.28. The van der Waals surface area contributed by atoms with Gasteiger partial charge in [0.25, 0.3) is 0 Å². The zero-order valence-corrected chi connectivity index (χ0v) is 27.6. The van der Waals surface area contributed by atoms with Crippen LogP contribution >= 0.6 is 0 Å². The lowest BCUT2D eigenvalue weighted by molar-refractivity contribution is 0.660. The van der Waals surface area contributed by atoms with Crippen LogP contribution in [0.5, 0.6) is 0 Å². The summed E-state index contributed by atoms with van der Waals surface area (Å²) in [7, 11) is 0. The quantitative estimate of drug-likeness (QED) is 0.182. The van der Waals surface area contributed by atoms with Crippen molar-refractivity contribution >= 4 is 49.8 Å². The molecule has 0 saturated carbocycles. The smallest absolute Gasteiger partial charge is 0.137 e. The van der Waals surface area contributed by atoms with Crippen molar-refractivity contribution in [2.24, 2.45) is 0 Å². The molecule has 0 amide bonds. The lowest BCUT2D eigenvalue weighted by atomic mass is 9.82. The van der Waals surface area contributed by atoms with Gasteiger partial charge in [-0.1, -0.05) is 135 Å². The molecule has 0 fully saturated rings. The van der Waals surface area contributed by atoms with Crippen molar-refractivity contribution in [3.63, 3.8) is 0 Å². The molecule has 0 atom stereocenters. The summed E-state index contributed by atoms with van der Waals surface area (Å²) in [6.45, 7) is 4.29. The van der Waals surface area contributed by atoms with Crippen molar-refractivity contribution in [3.8, 4) is 33.4 Å². The Hall–Kier alpha value is -6.38. The van der Waals surface area contributed by atoms with Crippen LogP contribution in [0.15, 0.2) is 180 Å². The Morgan fingerprint density at radius 3 is 2.08 bits per heavy atom. The number of fused-ring (bicyclic) bond motifs is 8. The van der Waals surface area contributed by atoms with Gasteiger partial charge in [-0.3, -0.25) is 0 Å². The van der Waals surface area contributed by atoms with E-state index < -0.39 is 89.1 Å². The summed E-state index contributed by atoms with van der Waals surface area (Å²) >= 11 is 0. The maximum absolute atomic E-state index is 9.84. The molecule has 1 aliphatic carbocycles. The molecule has 0 unspecified atom stereocenters. The number of benzene rings is 8. The third-order valence-corrected chi connectivity index (χ3v) is 9.84. The minimum atomic E-state index is -0.711. The molecule has 51 heavy (non-hydrogen) atoms. The van der Waals surface area contributed by atoms with Crippen LogP contribution in [0, 0.1) is 0 Å². The Balaban J connectivity index is 1.28. The fourth-order valence-electron chi connectivity index (χ4n) is 7.32. The van der Waals surface area contributed by atoms with Gasteiger partial charge in [-0.15, -0.1) is 0 Å². The molecule has 0 spiro atoms. The number of nitrogens with zero attached hydrogens (tertiary/aromatic N) is 1. The van der Waals surface area contributed by atoms with Crippen molar-refractivity contribution in [2.45, 2.75) is 19.3 Å². The summed E-state index contributed by atoms with van der Waals surface area (Å²) in [5.41, 5.74) is 5.51. The first-order valence-corrected chi connectivity index (χ1v) is 16.6. The second-order valence-electron chi connectivity index (χ2n) is 13.1. The molecule has 10 rings (SSSR count). The zero-order chi connectivity index (χ0) is 45.4. The van der Waals surface area contributed by atoms with E-state index in [1.807, 2.05) is 84.9 Å². The van der Waals surface area contributed by atoms with Crippen LogP contribution in [0.2, 0.25) is 0 Å². The average Bonchev–Trinajstić information content (AvgIpc) is 3.81. The van der Waals surface area contributed by atoms with E-state index in [0.29, 0.717) is 11.4 Å². The fourth-order valence-corrected chi connectivity index (χ4v) is 7.32. The summed E-state index contributed by atoms with van der Waals surface area (Å²) in [5.74, 6) is 0. The van der Waals surface area contributed by atoms with E-state index in [0.717, 1.165) is 33.4 Å². The maximum Gasteiger partial charge on any atom is 0.137 e. The molecule has 1 heterocycles. The topological polar surface area (TPSA) is 16.4 Å². The van der Waals surface area contributed by atoms with E-state index >= 15 is 0 Å². The predicted molar refractivity (Wildman–Crippen MR) is 214 cm³/mol. The van der Waals surface area contributed by atoms with Gasteiger partial charge in [-0.25, -0.2) is 0 Å². The van der Waals surface area contributed by atoms with Crippen molar-refractivity contribution in [1.82, 2.24) is 0 Å². The molecule has 0 saturated heterocycles. The third-order valence-electron chi connectivity index (χ3n) is 9.84. The van der Waals surface area contributed by atoms with Crippen LogP contribution in [-0.2, 0) is 5.41 Å². The van der Waals surface area contributed by atoms with Crippen LogP contribution in [0.4, 0.5) is 17.1 Å². The van der Waals surface area contributed by atoms with Crippen molar-refractivity contribution in [2.75, 3.05) is 4.90 Å². The average molecular weight is 667 g/mol. The van der Waals surface area contributed by atoms with Gasteiger partial charge in [-0.2, -0.15) is 0 Å². The molecule has 2 nitrogen and oxygen atoms in total. The van der Waals surface area contributed by atoms with E-state index in [2.05, 4.69) is 26.0 Å². The number of hydrogen-bond donors (Lipinski definition) is 0. The molecule has 0 aliphatic heterocycles. The SMILES string of the molecule is [2H]c1c([2H])c([2H])c(-c2c([2H])c([2H])c3c([2H])c([2H])c4oc5c([2H])c(N(c6ccc(-c7ccccc7)cc6)c6ccc7c(c6)C(C)(C)c6ccccc6-7)c([2H])c([2H])c5c4c3c2[2H])c([2H])c1[2H]. The van der Waals surface area contributed by atoms with Crippen molar-refractivity contribution in [3.05, 3.63) is 187 Å². The highest BCUT2D eigenvalue weighted by atomic mass is 16.3. The highest BCUT2D eigenvalue weighted by Crippen LogP contribution is 2.51. The van der Waals surface area contributed by atoms with Gasteiger partial charge >= 0.3 is 0 Å². The maximum atomic E-state index is 9.84. The molecule has 242 valence electrons. The number of rotatable bonds is 5. The normalized spacial score (nSPS) is 16.6. The molecule has 0 radical (unpaired) electrons. The monoisotopic (exact) mass is 666 g/mol. The van der Waals surface area contributed by atoms with E-state index in [1.165, 1.54) is 0 Å². The molecular formula is C49H35NO. The van der Waals surface area contributed by atoms with Gasteiger partial charge in [0.2, 0.25) is 0 Å². The molecule has 0 bridgehead atoms. The Labute approximate surface area is 316 Å². The highest BCUT2D eigenvalue weighted by Gasteiger charge is 2.35. The summed E-state index contributed by atoms with van der Waals surface area (Å²) in [6, 6.07) is 23.9. The molecule has 2 heteroatoms. The minimum absolute atomic E-state index is 0.0141. The van der Waals surface area contributed by atoms with Crippen LogP contribution in [0.1, 0.15) is 42.8 Å². The van der Waals surface area contributed by atoms with Gasteiger partial charge in [-0.05, 0) is 104 Å². The van der Waals surface area contributed by atoms with E-state index in [-0.39, 0.29) is 44.4 Å². The second kappa shape index (κ2) is 11.3. The van der Waals surface area contributed by atoms with Crippen LogP contribution in [-0.4, -0.2) is 0 Å². The van der Waals surface area contributed by atoms with E-state index in [4.69, 9.17) is 16.8 Å². The number of furan rings is 1. The van der Waals surface area contributed by atoms with Gasteiger partial charge in [0, 0.05) is 39.3 Å². The molecule has 1 aromatic heterocycles. The summed E-state index contributed by atoms with van der Waals surface area (Å²) < 4.78 is 123. The van der Waals surface area contributed by atoms with Crippen LogP contribution in [0.25, 0.3) is 66.1 Å². The van der Waals surface area contributed by atoms with Crippen LogP contribution in [0.3, 0.4) is 0 Å². The number of hydrogen-bond acceptors (Lipinski definition) is 2. The summed E-state index contributed by atoms with van der Waals surface area (Å²) in [6.07, 6.45) is 0. The summed E-state index contributed by atoms with van der Waals surface area (Å²) in [5, 5.41) is -0.844. The zero-order valence-electron chi connectivity index (χ0n) is 40.6. The Bertz CT molecular complexity index is 3480. The van der Waals surface area contributed by atoms with E-state index in [9.17, 15) is 5.48 Å². The first-order chi connectivity index (χ1) is 30.5. The first-order valence-electron chi connectivity index (χ1n) is 23.1. The molecule has 9 aromatic rings. The second-order valence-corrected chi connectivity index (χ2v) is 13.1. The Morgan fingerprint density at radius 1 is 0.510 bits per heavy atom. The molecule has 1 aliphatic rings. The van der Waals surface area contributed by atoms with Gasteiger partial charge in [0.05, 0.1) is 17.8 Å². The fraction of sp³-hybridized carbons (Fsp3) is 0.0612.